The standard InChI is InChI=1S/C18H17F2N3O5/c19-10-2-1-8(5-11(10)20)13(25)16-14(26)15(27)18(28-16)23-4-3-9-12(6-24)21-7-22-17(9)23/h1-5,7,13-16,18,24-27H,6H2. The van der Waals surface area contributed by atoms with Crippen LogP contribution in [0.4, 0.5) is 8.78 Å². The number of halogens is 2. The molecular weight excluding hydrogens is 376 g/mol. The van der Waals surface area contributed by atoms with Crippen LogP contribution in [-0.4, -0.2) is 53.3 Å². The Morgan fingerprint density at radius 2 is 1.89 bits per heavy atom. The normalized spacial score (nSPS) is 26.1. The summed E-state index contributed by atoms with van der Waals surface area (Å²) < 4.78 is 33.7. The molecule has 1 aliphatic heterocycles. The summed E-state index contributed by atoms with van der Waals surface area (Å²) in [6, 6.07) is 4.46. The highest BCUT2D eigenvalue weighted by molar-refractivity contribution is 5.78. The van der Waals surface area contributed by atoms with Crippen molar-refractivity contribution in [3.05, 3.63) is 59.7 Å². The van der Waals surface area contributed by atoms with E-state index in [1.54, 1.807) is 12.3 Å². The van der Waals surface area contributed by atoms with E-state index in [1.165, 1.54) is 17.0 Å². The summed E-state index contributed by atoms with van der Waals surface area (Å²) in [5.41, 5.74) is 0.742. The van der Waals surface area contributed by atoms with Crippen molar-refractivity contribution in [3.63, 3.8) is 0 Å². The zero-order chi connectivity index (χ0) is 20.0. The van der Waals surface area contributed by atoms with Gasteiger partial charge in [0.15, 0.2) is 17.9 Å². The number of aliphatic hydroxyl groups is 4. The number of rotatable bonds is 4. The number of hydrogen-bond donors (Lipinski definition) is 4. The van der Waals surface area contributed by atoms with E-state index in [0.717, 1.165) is 12.1 Å². The van der Waals surface area contributed by atoms with Crippen LogP contribution in [0.15, 0.2) is 36.8 Å². The van der Waals surface area contributed by atoms with Crippen molar-refractivity contribution in [2.24, 2.45) is 0 Å². The van der Waals surface area contributed by atoms with Crippen molar-refractivity contribution in [2.45, 2.75) is 37.3 Å². The zero-order valence-corrected chi connectivity index (χ0v) is 14.4. The third-order valence-electron chi connectivity index (χ3n) is 4.89. The van der Waals surface area contributed by atoms with Crippen molar-refractivity contribution in [1.82, 2.24) is 14.5 Å². The summed E-state index contributed by atoms with van der Waals surface area (Å²) in [7, 11) is 0. The molecule has 5 unspecified atom stereocenters. The van der Waals surface area contributed by atoms with Gasteiger partial charge in [0.1, 0.15) is 36.4 Å². The van der Waals surface area contributed by atoms with Gasteiger partial charge >= 0.3 is 0 Å². The molecule has 5 atom stereocenters. The number of aliphatic hydroxyl groups excluding tert-OH is 4. The Morgan fingerprint density at radius 3 is 2.61 bits per heavy atom. The van der Waals surface area contributed by atoms with E-state index in [0.29, 0.717) is 16.7 Å². The molecule has 4 N–H and O–H groups in total. The van der Waals surface area contributed by atoms with Crippen molar-refractivity contribution in [2.75, 3.05) is 0 Å². The molecular formula is C18H17F2N3O5. The first-order chi connectivity index (χ1) is 13.4. The van der Waals surface area contributed by atoms with E-state index < -0.39 is 42.3 Å². The van der Waals surface area contributed by atoms with Crippen molar-refractivity contribution in [1.29, 1.82) is 0 Å². The lowest BCUT2D eigenvalue weighted by atomic mass is 9.99. The molecule has 1 aromatic carbocycles. The summed E-state index contributed by atoms with van der Waals surface area (Å²) in [5.74, 6) is -2.22. The molecule has 8 nitrogen and oxygen atoms in total. The molecule has 0 radical (unpaired) electrons. The largest absolute Gasteiger partial charge is 0.390 e. The van der Waals surface area contributed by atoms with Crippen molar-refractivity contribution < 1.29 is 33.9 Å². The fourth-order valence-electron chi connectivity index (χ4n) is 3.42. The smallest absolute Gasteiger partial charge is 0.164 e. The summed E-state index contributed by atoms with van der Waals surface area (Å²) in [6.45, 7) is -0.308. The van der Waals surface area contributed by atoms with E-state index in [2.05, 4.69) is 9.97 Å². The van der Waals surface area contributed by atoms with Crippen LogP contribution in [0.5, 0.6) is 0 Å². The van der Waals surface area contributed by atoms with Crippen LogP contribution in [0, 0.1) is 11.6 Å². The Hall–Kier alpha value is -2.50. The van der Waals surface area contributed by atoms with Gasteiger partial charge in [-0.3, -0.25) is 0 Å². The molecule has 1 fully saturated rings. The SMILES string of the molecule is OCc1ncnc2c1ccn2C1OC(C(O)c2ccc(F)c(F)c2)C(O)C1O. The van der Waals surface area contributed by atoms with Crippen molar-refractivity contribution in [3.8, 4) is 0 Å². The first-order valence-electron chi connectivity index (χ1n) is 8.48. The van der Waals surface area contributed by atoms with Gasteiger partial charge in [-0.05, 0) is 23.8 Å². The van der Waals surface area contributed by atoms with Crippen LogP contribution in [-0.2, 0) is 11.3 Å². The minimum Gasteiger partial charge on any atom is -0.390 e. The molecule has 0 amide bonds. The third-order valence-corrected chi connectivity index (χ3v) is 4.89. The van der Waals surface area contributed by atoms with Crippen LogP contribution >= 0.6 is 0 Å². The second kappa shape index (κ2) is 7.15. The van der Waals surface area contributed by atoms with Gasteiger partial charge in [-0.1, -0.05) is 6.07 Å². The quantitative estimate of drug-likeness (QED) is 0.511. The molecule has 10 heteroatoms. The lowest BCUT2D eigenvalue weighted by Gasteiger charge is -2.21. The Morgan fingerprint density at radius 1 is 1.11 bits per heavy atom. The van der Waals surface area contributed by atoms with Gasteiger partial charge in [0.05, 0.1) is 12.3 Å². The van der Waals surface area contributed by atoms with Gasteiger partial charge in [-0.15, -0.1) is 0 Å². The second-order valence-corrected chi connectivity index (χ2v) is 6.53. The van der Waals surface area contributed by atoms with Gasteiger partial charge in [0, 0.05) is 11.6 Å². The molecule has 0 bridgehead atoms. The Labute approximate surface area is 157 Å². The molecule has 1 saturated heterocycles. The third kappa shape index (κ3) is 2.95. The van der Waals surface area contributed by atoms with Crippen molar-refractivity contribution >= 4 is 11.0 Å². The maximum Gasteiger partial charge on any atom is 0.164 e. The lowest BCUT2D eigenvalue weighted by Crippen LogP contribution is -2.34. The van der Waals surface area contributed by atoms with Gasteiger partial charge in [-0.2, -0.15) is 0 Å². The number of hydrogen-bond acceptors (Lipinski definition) is 7. The molecule has 3 aromatic rings. The van der Waals surface area contributed by atoms with Crippen LogP contribution in [0.1, 0.15) is 23.6 Å². The molecule has 0 saturated carbocycles. The number of ether oxygens (including phenoxy) is 1. The number of benzene rings is 1. The number of fused-ring (bicyclic) bond motifs is 1. The van der Waals surface area contributed by atoms with Gasteiger partial charge in [0.2, 0.25) is 0 Å². The first-order valence-corrected chi connectivity index (χ1v) is 8.48. The summed E-state index contributed by atoms with van der Waals surface area (Å²) in [4.78, 5) is 8.08. The van der Waals surface area contributed by atoms with Gasteiger partial charge in [0.25, 0.3) is 0 Å². The lowest BCUT2D eigenvalue weighted by molar-refractivity contribution is -0.0849. The summed E-state index contributed by atoms with van der Waals surface area (Å²) in [6.07, 6.45) is -4.02. The van der Waals surface area contributed by atoms with E-state index in [4.69, 9.17) is 4.74 Å². The Balaban J connectivity index is 1.65. The molecule has 2 aromatic heterocycles. The number of nitrogens with zero attached hydrogens (tertiary/aromatic N) is 3. The maximum absolute atomic E-state index is 13.5. The fourth-order valence-corrected chi connectivity index (χ4v) is 3.42. The Bertz CT molecular complexity index is 1010. The van der Waals surface area contributed by atoms with Gasteiger partial charge < -0.3 is 29.7 Å². The first kappa shape index (κ1) is 18.8. The maximum atomic E-state index is 13.5. The average Bonchev–Trinajstić information content (AvgIpc) is 3.25. The highest BCUT2D eigenvalue weighted by Crippen LogP contribution is 2.37. The highest BCUT2D eigenvalue weighted by atomic mass is 19.2. The summed E-state index contributed by atoms with van der Waals surface area (Å²) >= 11 is 0. The molecule has 148 valence electrons. The predicted molar refractivity (Wildman–Crippen MR) is 90.7 cm³/mol. The fraction of sp³-hybridized carbons (Fsp3) is 0.333. The van der Waals surface area contributed by atoms with Crippen LogP contribution in [0.25, 0.3) is 11.0 Å². The zero-order valence-electron chi connectivity index (χ0n) is 14.4. The Kier molecular flexibility index (Phi) is 4.81. The monoisotopic (exact) mass is 393 g/mol. The van der Waals surface area contributed by atoms with E-state index >= 15 is 0 Å². The molecule has 1 aliphatic rings. The summed E-state index contributed by atoms with van der Waals surface area (Å²) in [5, 5.41) is 41.2. The molecule has 3 heterocycles. The van der Waals surface area contributed by atoms with Gasteiger partial charge in [-0.25, -0.2) is 18.7 Å². The number of aromatic nitrogens is 3. The molecule has 4 rings (SSSR count). The van der Waals surface area contributed by atoms with Crippen LogP contribution < -0.4 is 0 Å². The van der Waals surface area contributed by atoms with Crippen LogP contribution in [0.2, 0.25) is 0 Å². The minimum absolute atomic E-state index is 0.00180. The average molecular weight is 393 g/mol. The van der Waals surface area contributed by atoms with E-state index in [1.807, 2.05) is 0 Å². The van der Waals surface area contributed by atoms with Crippen LogP contribution in [0.3, 0.4) is 0 Å². The molecule has 28 heavy (non-hydrogen) atoms. The minimum atomic E-state index is -1.51. The van der Waals surface area contributed by atoms with E-state index in [-0.39, 0.29) is 12.2 Å². The molecule has 0 spiro atoms. The van der Waals surface area contributed by atoms with E-state index in [9.17, 15) is 29.2 Å². The second-order valence-electron chi connectivity index (χ2n) is 6.53. The molecule has 0 aliphatic carbocycles. The topological polar surface area (TPSA) is 121 Å². The highest BCUT2D eigenvalue weighted by Gasteiger charge is 2.47. The predicted octanol–water partition coefficient (Wildman–Crippen LogP) is 0.555.